The van der Waals surface area contributed by atoms with Gasteiger partial charge in [0.2, 0.25) is 0 Å². The Morgan fingerprint density at radius 1 is 0.500 bits per heavy atom. The van der Waals surface area contributed by atoms with Crippen LogP contribution in [0.25, 0.3) is 0 Å². The number of aliphatic hydroxyl groups excluding tert-OH is 7. The molecule has 0 aromatic carbocycles. The standard InChI is InChI=1S/C41H76O15/c1-3-5-7-9-11-13-14-15-16-18-20-22-24-33(44)54-29(26-51-32(43)23-21-19-17-12-10-8-6-4-2)27-52-40-39(50)37(48)35(46)31(56-40)28-53-41-38(49)36(47)34(45)30(25-42)55-41/h29-31,34-42,45-50H,3-28H2,1-2H3/t29-,30-,31-,34+,35+,36?,37?,38?,39?,40-,41-/m1/s1. The Morgan fingerprint density at radius 2 is 0.911 bits per heavy atom. The van der Waals surface area contributed by atoms with E-state index in [4.69, 9.17) is 28.4 Å². The first-order valence-electron chi connectivity index (χ1n) is 21.6. The number of esters is 2. The van der Waals surface area contributed by atoms with E-state index >= 15 is 0 Å². The van der Waals surface area contributed by atoms with E-state index < -0.39 is 92.7 Å². The zero-order valence-corrected chi connectivity index (χ0v) is 34.1. The highest BCUT2D eigenvalue weighted by molar-refractivity contribution is 5.70. The number of carbonyl (C=O) groups excluding carboxylic acids is 2. The van der Waals surface area contributed by atoms with Gasteiger partial charge in [0.1, 0.15) is 55.4 Å². The van der Waals surface area contributed by atoms with Crippen molar-refractivity contribution in [3.05, 3.63) is 0 Å². The number of hydrogen-bond acceptors (Lipinski definition) is 15. The summed E-state index contributed by atoms with van der Waals surface area (Å²) in [5, 5.41) is 71.6. The van der Waals surface area contributed by atoms with Gasteiger partial charge in [0.05, 0.1) is 19.8 Å². The molecule has 0 spiro atoms. The van der Waals surface area contributed by atoms with Gasteiger partial charge in [-0.05, 0) is 12.8 Å². The van der Waals surface area contributed by atoms with E-state index in [1.165, 1.54) is 77.0 Å². The predicted molar refractivity (Wildman–Crippen MR) is 206 cm³/mol. The van der Waals surface area contributed by atoms with Crippen LogP contribution < -0.4 is 0 Å². The van der Waals surface area contributed by atoms with E-state index in [0.717, 1.165) is 38.5 Å². The second kappa shape index (κ2) is 30.5. The second-order valence-corrected chi connectivity index (χ2v) is 15.5. The van der Waals surface area contributed by atoms with Gasteiger partial charge < -0.3 is 64.2 Å². The minimum absolute atomic E-state index is 0.172. The fourth-order valence-corrected chi connectivity index (χ4v) is 6.92. The maximum absolute atomic E-state index is 12.9. The number of carbonyl (C=O) groups is 2. The van der Waals surface area contributed by atoms with E-state index in [2.05, 4.69) is 13.8 Å². The van der Waals surface area contributed by atoms with Crippen molar-refractivity contribution >= 4 is 11.9 Å². The van der Waals surface area contributed by atoms with Crippen LogP contribution in [-0.4, -0.2) is 142 Å². The van der Waals surface area contributed by atoms with Gasteiger partial charge in [-0.2, -0.15) is 0 Å². The van der Waals surface area contributed by atoms with Crippen molar-refractivity contribution in [2.24, 2.45) is 0 Å². The minimum atomic E-state index is -1.76. The first-order valence-corrected chi connectivity index (χ1v) is 21.6. The zero-order valence-electron chi connectivity index (χ0n) is 34.1. The van der Waals surface area contributed by atoms with Gasteiger partial charge in [-0.25, -0.2) is 0 Å². The largest absolute Gasteiger partial charge is 0.462 e. The lowest BCUT2D eigenvalue weighted by Crippen LogP contribution is -2.61. The second-order valence-electron chi connectivity index (χ2n) is 15.5. The normalized spacial score (nSPS) is 28.6. The lowest BCUT2D eigenvalue weighted by Gasteiger charge is -2.42. The van der Waals surface area contributed by atoms with E-state index in [1.54, 1.807) is 0 Å². The molecule has 0 saturated carbocycles. The van der Waals surface area contributed by atoms with Gasteiger partial charge in [-0.3, -0.25) is 9.59 Å². The first-order chi connectivity index (χ1) is 27.0. The monoisotopic (exact) mass is 809 g/mol. The molecule has 2 heterocycles. The molecule has 0 radical (unpaired) electrons. The first kappa shape index (κ1) is 50.6. The lowest BCUT2D eigenvalue weighted by molar-refractivity contribution is -0.332. The summed E-state index contributed by atoms with van der Waals surface area (Å²) in [6.07, 6.45) is 6.00. The molecule has 4 unspecified atom stereocenters. The van der Waals surface area contributed by atoms with E-state index in [9.17, 15) is 45.3 Å². The van der Waals surface area contributed by atoms with Crippen molar-refractivity contribution in [1.29, 1.82) is 0 Å². The summed E-state index contributed by atoms with van der Waals surface area (Å²) in [4.78, 5) is 25.4. The van der Waals surface area contributed by atoms with Crippen LogP contribution in [0.2, 0.25) is 0 Å². The number of hydrogen-bond donors (Lipinski definition) is 7. The molecule has 2 fully saturated rings. The van der Waals surface area contributed by atoms with Crippen LogP contribution in [0.5, 0.6) is 0 Å². The highest BCUT2D eigenvalue weighted by Crippen LogP contribution is 2.26. The van der Waals surface area contributed by atoms with E-state index in [-0.39, 0.29) is 26.1 Å². The Kier molecular flexibility index (Phi) is 27.6. The third-order valence-electron chi connectivity index (χ3n) is 10.6. The zero-order chi connectivity index (χ0) is 41.1. The molecule has 11 atom stereocenters. The molecule has 2 saturated heterocycles. The fourth-order valence-electron chi connectivity index (χ4n) is 6.92. The van der Waals surface area contributed by atoms with Crippen LogP contribution in [0.3, 0.4) is 0 Å². The summed E-state index contributed by atoms with van der Waals surface area (Å²) in [5.41, 5.74) is 0. The van der Waals surface area contributed by atoms with E-state index in [0.29, 0.717) is 12.8 Å². The summed E-state index contributed by atoms with van der Waals surface area (Å²) in [6, 6.07) is 0. The maximum atomic E-state index is 12.9. The summed E-state index contributed by atoms with van der Waals surface area (Å²) >= 11 is 0. The summed E-state index contributed by atoms with van der Waals surface area (Å²) in [6.45, 7) is 2.53. The summed E-state index contributed by atoms with van der Waals surface area (Å²) in [7, 11) is 0. The molecule has 15 heteroatoms. The van der Waals surface area contributed by atoms with Crippen molar-refractivity contribution in [2.75, 3.05) is 26.4 Å². The average Bonchev–Trinajstić information content (AvgIpc) is 3.19. The molecular formula is C41H76O15. The average molecular weight is 809 g/mol. The van der Waals surface area contributed by atoms with Gasteiger partial charge in [0.25, 0.3) is 0 Å². The van der Waals surface area contributed by atoms with Crippen LogP contribution in [-0.2, 0) is 38.0 Å². The molecule has 2 aliphatic heterocycles. The van der Waals surface area contributed by atoms with Gasteiger partial charge >= 0.3 is 11.9 Å². The molecule has 2 rings (SSSR count). The minimum Gasteiger partial charge on any atom is -0.462 e. The predicted octanol–water partition coefficient (Wildman–Crippen LogP) is 3.70. The Labute approximate surface area is 334 Å². The molecule has 0 aliphatic carbocycles. The number of ether oxygens (including phenoxy) is 6. The van der Waals surface area contributed by atoms with Crippen LogP contribution in [0.1, 0.15) is 155 Å². The molecule has 56 heavy (non-hydrogen) atoms. The SMILES string of the molecule is CCCCCCCCCCCCCCC(=O)O[C@H](COC(=O)CCCCCCCCCC)CO[C@@H]1O[C@H](CO[C@@H]2O[C@H](CO)[C@H](O)C(O)C2O)[C@H](O)C(O)C1O. The number of aliphatic hydroxyl groups is 7. The smallest absolute Gasteiger partial charge is 0.306 e. The Hall–Kier alpha value is -1.50. The molecule has 0 aromatic rings. The van der Waals surface area contributed by atoms with Crippen molar-refractivity contribution in [3.8, 4) is 0 Å². The van der Waals surface area contributed by atoms with Gasteiger partial charge in [-0.1, -0.05) is 129 Å². The maximum Gasteiger partial charge on any atom is 0.306 e. The Bertz CT molecular complexity index is 1000. The third-order valence-corrected chi connectivity index (χ3v) is 10.6. The van der Waals surface area contributed by atoms with Crippen molar-refractivity contribution in [3.63, 3.8) is 0 Å². The molecule has 0 bridgehead atoms. The quantitative estimate of drug-likeness (QED) is 0.0380. The summed E-state index contributed by atoms with van der Waals surface area (Å²) < 4.78 is 33.3. The van der Waals surface area contributed by atoms with Crippen molar-refractivity contribution in [1.82, 2.24) is 0 Å². The third kappa shape index (κ3) is 20.0. The van der Waals surface area contributed by atoms with Crippen molar-refractivity contribution < 1.29 is 73.8 Å². The molecule has 7 N–H and O–H groups in total. The highest BCUT2D eigenvalue weighted by atomic mass is 16.7. The fraction of sp³-hybridized carbons (Fsp3) is 0.951. The Balaban J connectivity index is 1.88. The van der Waals surface area contributed by atoms with E-state index in [1.807, 2.05) is 0 Å². The molecule has 2 aliphatic rings. The van der Waals surface area contributed by atoms with Crippen LogP contribution in [0.4, 0.5) is 0 Å². The van der Waals surface area contributed by atoms with Crippen LogP contribution in [0, 0.1) is 0 Å². The molecule has 0 amide bonds. The van der Waals surface area contributed by atoms with Gasteiger partial charge in [0, 0.05) is 12.8 Å². The number of unbranched alkanes of at least 4 members (excludes halogenated alkanes) is 18. The van der Waals surface area contributed by atoms with Gasteiger partial charge in [0.15, 0.2) is 18.7 Å². The lowest BCUT2D eigenvalue weighted by atomic mass is 9.98. The number of rotatable bonds is 32. The molecular weight excluding hydrogens is 732 g/mol. The summed E-state index contributed by atoms with van der Waals surface area (Å²) in [5.74, 6) is -0.924. The topological polar surface area (TPSA) is 231 Å². The van der Waals surface area contributed by atoms with Crippen LogP contribution in [0.15, 0.2) is 0 Å². The van der Waals surface area contributed by atoms with Crippen LogP contribution >= 0.6 is 0 Å². The highest BCUT2D eigenvalue weighted by Gasteiger charge is 2.47. The molecule has 330 valence electrons. The van der Waals surface area contributed by atoms with Crippen molar-refractivity contribution in [2.45, 2.75) is 223 Å². The Morgan fingerprint density at radius 3 is 1.39 bits per heavy atom. The molecule has 15 nitrogen and oxygen atoms in total. The molecule has 0 aromatic heterocycles. The van der Waals surface area contributed by atoms with Gasteiger partial charge in [-0.15, -0.1) is 0 Å².